The minimum absolute atomic E-state index is 0.232. The summed E-state index contributed by atoms with van der Waals surface area (Å²) in [5.41, 5.74) is 2.25. The van der Waals surface area contributed by atoms with E-state index in [2.05, 4.69) is 25.8 Å². The zero-order valence-electron chi connectivity index (χ0n) is 12.7. The van der Waals surface area contributed by atoms with Crippen molar-refractivity contribution in [1.82, 2.24) is 15.1 Å². The Morgan fingerprint density at radius 3 is 2.70 bits per heavy atom. The van der Waals surface area contributed by atoms with Crippen LogP contribution in [0.1, 0.15) is 21.8 Å². The van der Waals surface area contributed by atoms with Gasteiger partial charge in [-0.05, 0) is 31.5 Å². The molecule has 0 aliphatic rings. The minimum Gasteiger partial charge on any atom is -0.360 e. The second kappa shape index (κ2) is 6.27. The first kappa shape index (κ1) is 14.7. The number of aryl methyl sites for hydroxylation is 2. The highest BCUT2D eigenvalue weighted by Gasteiger charge is 2.11. The van der Waals surface area contributed by atoms with E-state index >= 15 is 0 Å². The zero-order valence-corrected chi connectivity index (χ0v) is 12.7. The molecule has 116 valence electrons. The zero-order chi connectivity index (χ0) is 16.2. The van der Waals surface area contributed by atoms with Crippen LogP contribution in [0.2, 0.25) is 0 Å². The number of carbonyl (C=O) groups excluding carboxylic acids is 1. The molecule has 0 fully saturated rings. The molecule has 2 N–H and O–H groups in total. The van der Waals surface area contributed by atoms with Crippen molar-refractivity contribution >= 4 is 23.2 Å². The highest BCUT2D eigenvalue weighted by atomic mass is 16.5. The van der Waals surface area contributed by atoms with Crippen molar-refractivity contribution in [1.29, 1.82) is 0 Å². The lowest BCUT2D eigenvalue weighted by molar-refractivity contribution is 0.102. The molecule has 0 aliphatic carbocycles. The van der Waals surface area contributed by atoms with E-state index in [0.29, 0.717) is 17.4 Å². The third-order valence-corrected chi connectivity index (χ3v) is 3.06. The van der Waals surface area contributed by atoms with Crippen LogP contribution in [0.4, 0.5) is 17.3 Å². The van der Waals surface area contributed by atoms with Crippen LogP contribution >= 0.6 is 0 Å². The fourth-order valence-corrected chi connectivity index (χ4v) is 2.03. The van der Waals surface area contributed by atoms with Crippen molar-refractivity contribution in [2.24, 2.45) is 0 Å². The second-order valence-corrected chi connectivity index (χ2v) is 5.06. The van der Waals surface area contributed by atoms with Gasteiger partial charge in [-0.3, -0.25) is 4.79 Å². The molecule has 0 saturated heterocycles. The fourth-order valence-electron chi connectivity index (χ4n) is 2.03. The summed E-state index contributed by atoms with van der Waals surface area (Å²) < 4.78 is 4.91. The molecule has 23 heavy (non-hydrogen) atoms. The van der Waals surface area contributed by atoms with Crippen LogP contribution in [-0.4, -0.2) is 21.0 Å². The molecule has 3 aromatic rings. The molecule has 2 heterocycles. The maximum atomic E-state index is 12.2. The molecular formula is C16H15N5O2. The molecule has 1 amide bonds. The van der Waals surface area contributed by atoms with Gasteiger partial charge in [0.05, 0.1) is 0 Å². The summed E-state index contributed by atoms with van der Waals surface area (Å²) in [5.74, 6) is 1.11. The number of nitrogens with zero attached hydrogens (tertiary/aromatic N) is 3. The van der Waals surface area contributed by atoms with Crippen LogP contribution in [0.25, 0.3) is 0 Å². The van der Waals surface area contributed by atoms with Gasteiger partial charge in [0.15, 0.2) is 5.82 Å². The molecule has 0 bridgehead atoms. The number of hydrogen-bond donors (Lipinski definition) is 2. The van der Waals surface area contributed by atoms with Crippen molar-refractivity contribution in [2.75, 3.05) is 10.6 Å². The third kappa shape index (κ3) is 3.70. The Hall–Kier alpha value is -3.22. The van der Waals surface area contributed by atoms with E-state index < -0.39 is 0 Å². The smallest absolute Gasteiger partial charge is 0.275 e. The molecule has 1 aromatic carbocycles. The van der Waals surface area contributed by atoms with Gasteiger partial charge < -0.3 is 15.2 Å². The van der Waals surface area contributed by atoms with Crippen LogP contribution in [0.3, 0.4) is 0 Å². The molecule has 3 rings (SSSR count). The van der Waals surface area contributed by atoms with Gasteiger partial charge in [0, 0.05) is 17.8 Å². The maximum absolute atomic E-state index is 12.2. The number of aromatic nitrogens is 3. The summed E-state index contributed by atoms with van der Waals surface area (Å²) in [6.45, 7) is 3.75. The Bertz CT molecular complexity index is 844. The van der Waals surface area contributed by atoms with Gasteiger partial charge in [0.1, 0.15) is 23.6 Å². The Morgan fingerprint density at radius 1 is 1.09 bits per heavy atom. The molecular weight excluding hydrogens is 294 g/mol. The average Bonchev–Trinajstić information content (AvgIpc) is 2.92. The Balaban J connectivity index is 1.75. The van der Waals surface area contributed by atoms with E-state index in [-0.39, 0.29) is 11.6 Å². The SMILES string of the molecule is Cc1cccc(Nc2cc(C(=O)Nc3cc(C)on3)ncn2)c1. The molecule has 0 aliphatic heterocycles. The molecule has 2 aromatic heterocycles. The van der Waals surface area contributed by atoms with Gasteiger partial charge >= 0.3 is 0 Å². The summed E-state index contributed by atoms with van der Waals surface area (Å²) in [5, 5.41) is 9.48. The van der Waals surface area contributed by atoms with Gasteiger partial charge in [-0.1, -0.05) is 17.3 Å². The number of benzene rings is 1. The monoisotopic (exact) mass is 309 g/mol. The highest BCUT2D eigenvalue weighted by Crippen LogP contribution is 2.16. The minimum atomic E-state index is -0.381. The third-order valence-electron chi connectivity index (χ3n) is 3.06. The number of nitrogens with one attached hydrogen (secondary N) is 2. The largest absolute Gasteiger partial charge is 0.360 e. The topological polar surface area (TPSA) is 92.9 Å². The van der Waals surface area contributed by atoms with Crippen LogP contribution < -0.4 is 10.6 Å². The average molecular weight is 309 g/mol. The molecule has 0 atom stereocenters. The first-order valence-electron chi connectivity index (χ1n) is 7.00. The predicted octanol–water partition coefficient (Wildman–Crippen LogP) is 3.08. The standard InChI is InChI=1S/C16H15N5O2/c1-10-4-3-5-12(6-10)19-14-8-13(17-9-18-14)16(22)20-15-7-11(2)23-21-15/h3-9H,1-2H3,(H,17,18,19)(H,20,21,22). The van der Waals surface area contributed by atoms with Crippen LogP contribution in [0.5, 0.6) is 0 Å². The highest BCUT2D eigenvalue weighted by molar-refractivity contribution is 6.02. The first-order chi connectivity index (χ1) is 11.1. The maximum Gasteiger partial charge on any atom is 0.275 e. The summed E-state index contributed by atoms with van der Waals surface area (Å²) in [4.78, 5) is 20.3. The summed E-state index contributed by atoms with van der Waals surface area (Å²) in [6, 6.07) is 11.1. The number of amides is 1. The van der Waals surface area contributed by atoms with Crippen molar-refractivity contribution < 1.29 is 9.32 Å². The molecule has 7 heteroatoms. The lowest BCUT2D eigenvalue weighted by Crippen LogP contribution is -2.14. The lowest BCUT2D eigenvalue weighted by Gasteiger charge is -2.07. The van der Waals surface area contributed by atoms with Gasteiger partial charge in [0.2, 0.25) is 0 Å². The van der Waals surface area contributed by atoms with Crippen molar-refractivity contribution in [3.05, 3.63) is 59.7 Å². The molecule has 0 radical (unpaired) electrons. The summed E-state index contributed by atoms with van der Waals surface area (Å²) >= 11 is 0. The fraction of sp³-hybridized carbons (Fsp3) is 0.125. The van der Waals surface area contributed by atoms with Crippen LogP contribution in [0, 0.1) is 13.8 Å². The van der Waals surface area contributed by atoms with Crippen molar-refractivity contribution in [3.63, 3.8) is 0 Å². The lowest BCUT2D eigenvalue weighted by atomic mass is 10.2. The van der Waals surface area contributed by atoms with E-state index in [1.165, 1.54) is 6.33 Å². The van der Waals surface area contributed by atoms with Gasteiger partial charge in [-0.2, -0.15) is 0 Å². The van der Waals surface area contributed by atoms with Crippen molar-refractivity contribution in [3.8, 4) is 0 Å². The molecule has 0 unspecified atom stereocenters. The molecule has 0 saturated carbocycles. The quantitative estimate of drug-likeness (QED) is 0.769. The van der Waals surface area contributed by atoms with Gasteiger partial charge in [0.25, 0.3) is 5.91 Å². The number of hydrogen-bond acceptors (Lipinski definition) is 6. The normalized spacial score (nSPS) is 10.3. The number of carbonyl (C=O) groups is 1. The van der Waals surface area contributed by atoms with Crippen LogP contribution in [-0.2, 0) is 0 Å². The van der Waals surface area contributed by atoms with Gasteiger partial charge in [-0.15, -0.1) is 0 Å². The Kier molecular flexibility index (Phi) is 4.01. The Labute approximate surface area is 132 Å². The second-order valence-electron chi connectivity index (χ2n) is 5.06. The van der Waals surface area contributed by atoms with Crippen molar-refractivity contribution in [2.45, 2.75) is 13.8 Å². The number of anilines is 3. The first-order valence-corrected chi connectivity index (χ1v) is 7.00. The van der Waals surface area contributed by atoms with E-state index in [1.807, 2.05) is 31.2 Å². The number of rotatable bonds is 4. The van der Waals surface area contributed by atoms with E-state index in [9.17, 15) is 4.79 Å². The predicted molar refractivity (Wildman–Crippen MR) is 85.7 cm³/mol. The molecule has 7 nitrogen and oxygen atoms in total. The van der Waals surface area contributed by atoms with Gasteiger partial charge in [-0.25, -0.2) is 9.97 Å². The van der Waals surface area contributed by atoms with E-state index in [0.717, 1.165) is 11.3 Å². The summed E-state index contributed by atoms with van der Waals surface area (Å²) in [6.07, 6.45) is 1.33. The van der Waals surface area contributed by atoms with E-state index in [1.54, 1.807) is 19.1 Å². The molecule has 0 spiro atoms. The van der Waals surface area contributed by atoms with E-state index in [4.69, 9.17) is 4.52 Å². The Morgan fingerprint density at radius 2 is 1.96 bits per heavy atom. The summed E-state index contributed by atoms with van der Waals surface area (Å²) in [7, 11) is 0. The van der Waals surface area contributed by atoms with Crippen LogP contribution in [0.15, 0.2) is 47.2 Å².